The Bertz CT molecular complexity index is 292. The van der Waals surface area contributed by atoms with Crippen molar-refractivity contribution in [3.05, 3.63) is 0 Å². The fourth-order valence-electron chi connectivity index (χ4n) is 2.77. The molecule has 2 aliphatic heterocycles. The second-order valence-electron chi connectivity index (χ2n) is 4.28. The predicted molar refractivity (Wildman–Crippen MR) is 55.1 cm³/mol. The minimum Gasteiger partial charge on any atom is -0.357 e. The molecule has 2 aliphatic rings. The van der Waals surface area contributed by atoms with Gasteiger partial charge in [-0.2, -0.15) is 0 Å². The first-order valence-corrected chi connectivity index (χ1v) is 5.36. The van der Waals surface area contributed by atoms with Crippen molar-refractivity contribution < 1.29 is 9.59 Å². The van der Waals surface area contributed by atoms with E-state index in [0.29, 0.717) is 5.92 Å². The van der Waals surface area contributed by atoms with Crippen LogP contribution in [0, 0.1) is 5.92 Å². The Hall–Kier alpha value is -1.10. The Morgan fingerprint density at radius 2 is 2.13 bits per heavy atom. The molecule has 5 heteroatoms. The number of carbonyl (C=O) groups is 2. The summed E-state index contributed by atoms with van der Waals surface area (Å²) in [5.74, 6) is 0.399. The van der Waals surface area contributed by atoms with Crippen LogP contribution in [0.5, 0.6) is 0 Å². The lowest BCUT2D eigenvalue weighted by Gasteiger charge is -2.27. The van der Waals surface area contributed by atoms with Gasteiger partial charge in [0.05, 0.1) is 0 Å². The average Bonchev–Trinajstić information content (AvgIpc) is 2.73. The van der Waals surface area contributed by atoms with Gasteiger partial charge >= 0.3 is 0 Å². The van der Waals surface area contributed by atoms with Crippen LogP contribution < -0.4 is 10.6 Å². The van der Waals surface area contributed by atoms with E-state index in [1.807, 2.05) is 0 Å². The quantitative estimate of drug-likeness (QED) is 0.581. The third kappa shape index (κ3) is 1.61. The van der Waals surface area contributed by atoms with E-state index in [1.165, 1.54) is 6.92 Å². The zero-order valence-corrected chi connectivity index (χ0v) is 9.12. The van der Waals surface area contributed by atoms with E-state index in [4.69, 9.17) is 0 Å². The summed E-state index contributed by atoms with van der Waals surface area (Å²) in [6.45, 7) is 3.27. The molecule has 0 aromatic rings. The van der Waals surface area contributed by atoms with Crippen molar-refractivity contribution in [2.24, 2.45) is 5.92 Å². The molecule has 15 heavy (non-hydrogen) atoms. The van der Waals surface area contributed by atoms with Crippen molar-refractivity contribution in [2.75, 3.05) is 20.1 Å². The molecule has 84 valence electrons. The van der Waals surface area contributed by atoms with Crippen LogP contribution in [0.15, 0.2) is 0 Å². The number of nitrogens with zero attached hydrogens (tertiary/aromatic N) is 1. The summed E-state index contributed by atoms with van der Waals surface area (Å²) >= 11 is 0. The Kier molecular flexibility index (Phi) is 2.65. The molecule has 0 spiro atoms. The van der Waals surface area contributed by atoms with Gasteiger partial charge in [-0.3, -0.25) is 9.59 Å². The van der Waals surface area contributed by atoms with Gasteiger partial charge in [0.1, 0.15) is 6.04 Å². The van der Waals surface area contributed by atoms with E-state index >= 15 is 0 Å². The fraction of sp³-hybridized carbons (Fsp3) is 0.800. The molecule has 2 heterocycles. The largest absolute Gasteiger partial charge is 0.357 e. The van der Waals surface area contributed by atoms with Crippen molar-refractivity contribution >= 4 is 11.8 Å². The second-order valence-corrected chi connectivity index (χ2v) is 4.28. The molecule has 2 amide bonds. The molecule has 2 saturated heterocycles. The van der Waals surface area contributed by atoms with Crippen molar-refractivity contribution in [2.45, 2.75) is 25.4 Å². The highest BCUT2D eigenvalue weighted by molar-refractivity contribution is 5.87. The predicted octanol–water partition coefficient (Wildman–Crippen LogP) is -1.06. The molecule has 0 unspecified atom stereocenters. The van der Waals surface area contributed by atoms with E-state index in [9.17, 15) is 9.59 Å². The van der Waals surface area contributed by atoms with E-state index in [2.05, 4.69) is 10.6 Å². The molecule has 0 aliphatic carbocycles. The summed E-state index contributed by atoms with van der Waals surface area (Å²) < 4.78 is 0. The Labute approximate surface area is 89.2 Å². The van der Waals surface area contributed by atoms with Crippen LogP contribution in [0.1, 0.15) is 13.3 Å². The smallest absolute Gasteiger partial charge is 0.242 e. The van der Waals surface area contributed by atoms with Gasteiger partial charge in [0.2, 0.25) is 11.8 Å². The number of carbonyl (C=O) groups excluding carboxylic acids is 2. The number of amides is 2. The number of nitrogens with one attached hydrogen (secondary N) is 2. The normalized spacial score (nSPS) is 34.0. The molecular formula is C10H17N3O2. The van der Waals surface area contributed by atoms with E-state index in [1.54, 1.807) is 11.9 Å². The van der Waals surface area contributed by atoms with Crippen LogP contribution >= 0.6 is 0 Å². The average molecular weight is 211 g/mol. The lowest BCUT2D eigenvalue weighted by Crippen LogP contribution is -2.48. The SMILES string of the molecule is CNC(=O)[C@@H]1C[C@H]2CNC[C@H]2N1C(C)=O. The number of hydrogen-bond acceptors (Lipinski definition) is 3. The third-order valence-electron chi connectivity index (χ3n) is 3.44. The first-order valence-electron chi connectivity index (χ1n) is 5.36. The molecule has 5 nitrogen and oxygen atoms in total. The van der Waals surface area contributed by atoms with Crippen LogP contribution in [0.4, 0.5) is 0 Å². The highest BCUT2D eigenvalue weighted by atomic mass is 16.2. The minimum atomic E-state index is -0.260. The molecule has 0 aromatic carbocycles. The molecule has 2 fully saturated rings. The lowest BCUT2D eigenvalue weighted by molar-refractivity contribution is -0.138. The zero-order valence-electron chi connectivity index (χ0n) is 9.12. The van der Waals surface area contributed by atoms with Crippen molar-refractivity contribution in [1.29, 1.82) is 0 Å². The molecule has 0 saturated carbocycles. The molecule has 0 radical (unpaired) electrons. The van der Waals surface area contributed by atoms with Gasteiger partial charge in [-0.25, -0.2) is 0 Å². The topological polar surface area (TPSA) is 61.4 Å². The van der Waals surface area contributed by atoms with Crippen LogP contribution in [-0.2, 0) is 9.59 Å². The summed E-state index contributed by atoms with van der Waals surface area (Å²) in [5, 5.41) is 5.89. The van der Waals surface area contributed by atoms with Crippen LogP contribution in [0.3, 0.4) is 0 Å². The van der Waals surface area contributed by atoms with E-state index < -0.39 is 0 Å². The van der Waals surface area contributed by atoms with Gasteiger partial charge in [0.15, 0.2) is 0 Å². The summed E-state index contributed by atoms with van der Waals surface area (Å²) in [7, 11) is 1.62. The van der Waals surface area contributed by atoms with Crippen LogP contribution in [0.25, 0.3) is 0 Å². The van der Waals surface area contributed by atoms with Gasteiger partial charge in [-0.05, 0) is 12.3 Å². The molecular weight excluding hydrogens is 194 g/mol. The molecule has 3 atom stereocenters. The maximum atomic E-state index is 11.6. The third-order valence-corrected chi connectivity index (χ3v) is 3.44. The minimum absolute atomic E-state index is 0.000185. The van der Waals surface area contributed by atoms with Crippen molar-refractivity contribution in [3.8, 4) is 0 Å². The van der Waals surface area contributed by atoms with Crippen molar-refractivity contribution in [3.63, 3.8) is 0 Å². The Balaban J connectivity index is 2.19. The van der Waals surface area contributed by atoms with Gasteiger partial charge < -0.3 is 15.5 Å². The number of likely N-dealkylation sites (N-methyl/N-ethyl adjacent to an activating group) is 1. The van der Waals surface area contributed by atoms with Gasteiger partial charge in [-0.1, -0.05) is 0 Å². The van der Waals surface area contributed by atoms with E-state index in [-0.39, 0.29) is 23.9 Å². The number of fused-ring (bicyclic) bond motifs is 1. The molecule has 2 rings (SSSR count). The van der Waals surface area contributed by atoms with Crippen LogP contribution in [-0.4, -0.2) is 48.9 Å². The Morgan fingerprint density at radius 3 is 2.73 bits per heavy atom. The molecule has 0 aromatic heterocycles. The van der Waals surface area contributed by atoms with Gasteiger partial charge in [0.25, 0.3) is 0 Å². The number of hydrogen-bond donors (Lipinski definition) is 2. The first kappa shape index (κ1) is 10.4. The lowest BCUT2D eigenvalue weighted by atomic mass is 10.0. The van der Waals surface area contributed by atoms with Crippen LogP contribution in [0.2, 0.25) is 0 Å². The standard InChI is InChI=1S/C10H17N3O2/c1-6(14)13-8(10(15)11-2)3-7-4-12-5-9(7)13/h7-9,12H,3-5H2,1-2H3,(H,11,15)/t7-,8-,9+/m0/s1. The zero-order chi connectivity index (χ0) is 11.0. The molecule has 2 N–H and O–H groups in total. The highest BCUT2D eigenvalue weighted by Crippen LogP contribution is 2.32. The monoisotopic (exact) mass is 211 g/mol. The number of likely N-dealkylation sites (tertiary alicyclic amines) is 1. The second kappa shape index (κ2) is 3.81. The maximum Gasteiger partial charge on any atom is 0.242 e. The summed E-state index contributed by atoms with van der Waals surface area (Å²) in [5.41, 5.74) is 0. The first-order chi connectivity index (χ1) is 7.15. The van der Waals surface area contributed by atoms with Gasteiger partial charge in [-0.15, -0.1) is 0 Å². The number of rotatable bonds is 1. The van der Waals surface area contributed by atoms with Crippen molar-refractivity contribution in [1.82, 2.24) is 15.5 Å². The summed E-state index contributed by atoms with van der Waals surface area (Å²) in [4.78, 5) is 24.9. The highest BCUT2D eigenvalue weighted by Gasteiger charge is 2.47. The molecule has 0 bridgehead atoms. The summed E-state index contributed by atoms with van der Waals surface area (Å²) in [6.07, 6.45) is 0.789. The maximum absolute atomic E-state index is 11.6. The van der Waals surface area contributed by atoms with Gasteiger partial charge in [0, 0.05) is 33.1 Å². The van der Waals surface area contributed by atoms with E-state index in [0.717, 1.165) is 19.5 Å². The fourth-order valence-corrected chi connectivity index (χ4v) is 2.77. The summed E-state index contributed by atoms with van der Waals surface area (Å²) in [6, 6.07) is -0.0469. The Morgan fingerprint density at radius 1 is 1.40 bits per heavy atom.